The number of ether oxygens (including phenoxy) is 2. The van der Waals surface area contributed by atoms with Crippen LogP contribution in [0, 0.1) is 13.8 Å². The average molecular weight is 398 g/mol. The molecule has 0 unspecified atom stereocenters. The molecule has 0 radical (unpaired) electrons. The van der Waals surface area contributed by atoms with Gasteiger partial charge < -0.3 is 19.4 Å². The van der Waals surface area contributed by atoms with Crippen LogP contribution in [0.5, 0.6) is 5.75 Å². The Labute approximate surface area is 172 Å². The van der Waals surface area contributed by atoms with Crippen LogP contribution in [0.1, 0.15) is 46.7 Å². The van der Waals surface area contributed by atoms with Crippen molar-refractivity contribution in [2.45, 2.75) is 53.0 Å². The van der Waals surface area contributed by atoms with Gasteiger partial charge in [-0.25, -0.2) is 0 Å². The fraction of sp³-hybridized carbons (Fsp3) is 0.522. The SMILES string of the molecule is Cc1cc(C)c(C(=O)N2CCOc3ccc(CN4C[C@@H](C)O[C@@H](C)C4)cc3C2)[nH]1. The molecule has 29 heavy (non-hydrogen) atoms. The number of aryl methyl sites for hydroxylation is 2. The zero-order valence-electron chi connectivity index (χ0n) is 17.8. The number of amides is 1. The minimum atomic E-state index is 0.0354. The summed E-state index contributed by atoms with van der Waals surface area (Å²) in [5, 5.41) is 0. The summed E-state index contributed by atoms with van der Waals surface area (Å²) in [7, 11) is 0. The van der Waals surface area contributed by atoms with Crippen LogP contribution in [0.15, 0.2) is 24.3 Å². The topological polar surface area (TPSA) is 57.8 Å². The standard InChI is InChI=1S/C23H31N3O3/c1-15-9-16(2)24-22(15)23(27)26-7-8-28-21-6-5-19(10-20(21)14-26)13-25-11-17(3)29-18(4)12-25/h5-6,9-10,17-18,24H,7-8,11-14H2,1-4H3/t17-,18+. The van der Waals surface area contributed by atoms with E-state index in [-0.39, 0.29) is 18.1 Å². The van der Waals surface area contributed by atoms with E-state index in [2.05, 4.69) is 41.9 Å². The van der Waals surface area contributed by atoms with Crippen molar-refractivity contribution in [3.63, 3.8) is 0 Å². The number of rotatable bonds is 3. The summed E-state index contributed by atoms with van der Waals surface area (Å²) < 4.78 is 11.8. The molecule has 1 amide bonds. The van der Waals surface area contributed by atoms with Crippen LogP contribution in [-0.4, -0.2) is 59.1 Å². The molecule has 156 valence electrons. The van der Waals surface area contributed by atoms with Gasteiger partial charge >= 0.3 is 0 Å². The molecule has 4 rings (SSSR count). The first kappa shape index (κ1) is 20.0. The number of fused-ring (bicyclic) bond motifs is 1. The van der Waals surface area contributed by atoms with Gasteiger partial charge in [0.1, 0.15) is 18.1 Å². The molecule has 6 heteroatoms. The second kappa shape index (κ2) is 8.20. The summed E-state index contributed by atoms with van der Waals surface area (Å²) >= 11 is 0. The molecule has 6 nitrogen and oxygen atoms in total. The van der Waals surface area contributed by atoms with Gasteiger partial charge in [-0.3, -0.25) is 9.69 Å². The third-order valence-corrected chi connectivity index (χ3v) is 5.66. The van der Waals surface area contributed by atoms with Crippen LogP contribution in [-0.2, 0) is 17.8 Å². The number of carbonyl (C=O) groups excluding carboxylic acids is 1. The van der Waals surface area contributed by atoms with Crippen LogP contribution in [0.25, 0.3) is 0 Å². The molecule has 0 bridgehead atoms. The smallest absolute Gasteiger partial charge is 0.270 e. The second-order valence-electron chi connectivity index (χ2n) is 8.48. The minimum absolute atomic E-state index is 0.0354. The predicted octanol–water partition coefficient (Wildman–Crippen LogP) is 3.28. The molecule has 0 aliphatic carbocycles. The van der Waals surface area contributed by atoms with E-state index in [1.807, 2.05) is 24.8 Å². The Bertz CT molecular complexity index is 881. The highest BCUT2D eigenvalue weighted by Crippen LogP contribution is 2.27. The number of hydrogen-bond acceptors (Lipinski definition) is 4. The molecule has 2 aliphatic rings. The van der Waals surface area contributed by atoms with Crippen molar-refractivity contribution in [1.29, 1.82) is 0 Å². The summed E-state index contributed by atoms with van der Waals surface area (Å²) in [5.74, 6) is 0.917. The molecule has 1 saturated heterocycles. The Kier molecular flexibility index (Phi) is 5.65. The van der Waals surface area contributed by atoms with E-state index in [1.54, 1.807) is 0 Å². The second-order valence-corrected chi connectivity index (χ2v) is 8.48. The van der Waals surface area contributed by atoms with Crippen molar-refractivity contribution in [1.82, 2.24) is 14.8 Å². The van der Waals surface area contributed by atoms with E-state index in [1.165, 1.54) is 5.56 Å². The lowest BCUT2D eigenvalue weighted by Crippen LogP contribution is -2.44. The first-order valence-corrected chi connectivity index (χ1v) is 10.5. The zero-order valence-corrected chi connectivity index (χ0v) is 17.8. The molecule has 0 saturated carbocycles. The van der Waals surface area contributed by atoms with Gasteiger partial charge in [-0.1, -0.05) is 6.07 Å². The molecule has 2 aliphatic heterocycles. The number of H-pyrrole nitrogens is 1. The quantitative estimate of drug-likeness (QED) is 0.864. The normalized spacial score (nSPS) is 22.7. The van der Waals surface area contributed by atoms with E-state index in [0.29, 0.717) is 25.4 Å². The van der Waals surface area contributed by atoms with Gasteiger partial charge in [-0.2, -0.15) is 0 Å². The monoisotopic (exact) mass is 397 g/mol. The predicted molar refractivity (Wildman–Crippen MR) is 112 cm³/mol. The van der Waals surface area contributed by atoms with E-state index in [9.17, 15) is 4.79 Å². The summed E-state index contributed by atoms with van der Waals surface area (Å²) in [4.78, 5) is 20.6. The summed E-state index contributed by atoms with van der Waals surface area (Å²) in [6.07, 6.45) is 0.507. The molecule has 1 fully saturated rings. The fourth-order valence-electron chi connectivity index (χ4n) is 4.50. The fourth-order valence-corrected chi connectivity index (χ4v) is 4.50. The van der Waals surface area contributed by atoms with Crippen molar-refractivity contribution in [3.8, 4) is 5.75 Å². The maximum absolute atomic E-state index is 13.1. The summed E-state index contributed by atoms with van der Waals surface area (Å²) in [6, 6.07) is 8.39. The number of nitrogens with zero attached hydrogens (tertiary/aromatic N) is 2. The molecule has 1 aromatic carbocycles. The van der Waals surface area contributed by atoms with Crippen molar-refractivity contribution >= 4 is 5.91 Å². The number of nitrogens with one attached hydrogen (secondary N) is 1. The number of hydrogen-bond donors (Lipinski definition) is 1. The highest BCUT2D eigenvalue weighted by atomic mass is 16.5. The Morgan fingerprint density at radius 3 is 2.62 bits per heavy atom. The maximum atomic E-state index is 13.1. The molecule has 2 aromatic rings. The largest absolute Gasteiger partial charge is 0.491 e. The third-order valence-electron chi connectivity index (χ3n) is 5.66. The van der Waals surface area contributed by atoms with Crippen LogP contribution in [0.2, 0.25) is 0 Å². The Balaban J connectivity index is 1.51. The summed E-state index contributed by atoms with van der Waals surface area (Å²) in [5.41, 5.74) is 4.99. The van der Waals surface area contributed by atoms with Crippen molar-refractivity contribution < 1.29 is 14.3 Å². The highest BCUT2D eigenvalue weighted by Gasteiger charge is 2.25. The number of morpholine rings is 1. The number of carbonyl (C=O) groups is 1. The van der Waals surface area contributed by atoms with E-state index < -0.39 is 0 Å². The van der Waals surface area contributed by atoms with E-state index in [0.717, 1.165) is 42.2 Å². The van der Waals surface area contributed by atoms with Gasteiger partial charge in [0.15, 0.2) is 0 Å². The van der Waals surface area contributed by atoms with Crippen LogP contribution in [0.4, 0.5) is 0 Å². The van der Waals surface area contributed by atoms with Crippen LogP contribution >= 0.6 is 0 Å². The number of aromatic nitrogens is 1. The molecular weight excluding hydrogens is 366 g/mol. The Hall–Kier alpha value is -2.31. The summed E-state index contributed by atoms with van der Waals surface area (Å²) in [6.45, 7) is 12.6. The molecule has 3 heterocycles. The van der Waals surface area contributed by atoms with Crippen LogP contribution in [0.3, 0.4) is 0 Å². The first-order valence-electron chi connectivity index (χ1n) is 10.5. The van der Waals surface area contributed by atoms with E-state index >= 15 is 0 Å². The van der Waals surface area contributed by atoms with Gasteiger partial charge in [0.25, 0.3) is 5.91 Å². The maximum Gasteiger partial charge on any atom is 0.270 e. The molecule has 1 aromatic heterocycles. The Morgan fingerprint density at radius 1 is 1.17 bits per heavy atom. The molecule has 0 spiro atoms. The van der Waals surface area contributed by atoms with Gasteiger partial charge in [-0.05, 0) is 57.0 Å². The number of benzene rings is 1. The van der Waals surface area contributed by atoms with Gasteiger partial charge in [-0.15, -0.1) is 0 Å². The molecule has 2 atom stereocenters. The molecule has 1 N–H and O–H groups in total. The number of aromatic amines is 1. The first-order chi connectivity index (χ1) is 13.9. The third kappa shape index (κ3) is 4.49. The average Bonchev–Trinajstić information content (AvgIpc) is 2.86. The molecular formula is C23H31N3O3. The highest BCUT2D eigenvalue weighted by molar-refractivity contribution is 5.94. The van der Waals surface area contributed by atoms with Gasteiger partial charge in [0, 0.05) is 37.4 Å². The van der Waals surface area contributed by atoms with Crippen molar-refractivity contribution in [2.24, 2.45) is 0 Å². The zero-order chi connectivity index (χ0) is 20.5. The minimum Gasteiger partial charge on any atom is -0.491 e. The van der Waals surface area contributed by atoms with Crippen LogP contribution < -0.4 is 4.74 Å². The lowest BCUT2D eigenvalue weighted by atomic mass is 10.1. The van der Waals surface area contributed by atoms with Gasteiger partial charge in [0.2, 0.25) is 0 Å². The lowest BCUT2D eigenvalue weighted by molar-refractivity contribution is -0.0705. The van der Waals surface area contributed by atoms with Crippen molar-refractivity contribution in [3.05, 3.63) is 52.3 Å². The van der Waals surface area contributed by atoms with E-state index in [4.69, 9.17) is 9.47 Å². The van der Waals surface area contributed by atoms with Crippen molar-refractivity contribution in [2.75, 3.05) is 26.2 Å². The Morgan fingerprint density at radius 2 is 1.93 bits per heavy atom. The van der Waals surface area contributed by atoms with Gasteiger partial charge in [0.05, 0.1) is 18.8 Å². The lowest BCUT2D eigenvalue weighted by Gasteiger charge is -2.35.